The van der Waals surface area contributed by atoms with E-state index in [0.717, 1.165) is 6.42 Å². The van der Waals surface area contributed by atoms with Crippen LogP contribution in [-0.4, -0.2) is 31.9 Å². The van der Waals surface area contributed by atoms with Crippen molar-refractivity contribution >= 4 is 11.2 Å². The molecule has 0 unspecified atom stereocenters. The molecule has 2 rings (SSSR count). The first-order valence-corrected chi connectivity index (χ1v) is 8.80. The molecule has 0 aliphatic rings. The second-order valence-corrected chi connectivity index (χ2v) is 7.00. The second kappa shape index (κ2) is 7.86. The number of aromatic amines is 1. The van der Waals surface area contributed by atoms with Crippen molar-refractivity contribution in [2.75, 3.05) is 6.61 Å². The molecular weight excluding hydrogens is 324 g/mol. The van der Waals surface area contributed by atoms with Crippen LogP contribution in [0.2, 0.25) is 0 Å². The Balaban J connectivity index is 2.72. The zero-order valence-electron chi connectivity index (χ0n) is 15.7. The zero-order chi connectivity index (χ0) is 18.7. The molecule has 0 fully saturated rings. The molecule has 2 N–H and O–H groups in total. The Morgan fingerprint density at radius 2 is 1.92 bits per heavy atom. The first kappa shape index (κ1) is 19.2. The summed E-state index contributed by atoms with van der Waals surface area (Å²) in [6, 6.07) is 0.484. The van der Waals surface area contributed by atoms with E-state index in [1.54, 1.807) is 7.05 Å². The topological polar surface area (TPSA) is 93.1 Å². The molecule has 0 atom stereocenters. The quantitative estimate of drug-likeness (QED) is 0.677. The largest absolute Gasteiger partial charge is 0.456 e. The maximum atomic E-state index is 12.9. The van der Waals surface area contributed by atoms with Crippen LogP contribution >= 0.6 is 0 Å². The van der Waals surface area contributed by atoms with Crippen LogP contribution in [-0.2, 0) is 20.1 Å². The second-order valence-electron chi connectivity index (χ2n) is 7.00. The normalized spacial score (nSPS) is 11.8. The molecule has 140 valence electrons. The van der Waals surface area contributed by atoms with E-state index < -0.39 is 5.69 Å². The van der Waals surface area contributed by atoms with Crippen molar-refractivity contribution in [2.24, 2.45) is 13.0 Å². The molecule has 8 nitrogen and oxygen atoms in total. The lowest BCUT2D eigenvalue weighted by molar-refractivity contribution is -0.679. The van der Waals surface area contributed by atoms with E-state index in [2.05, 4.69) is 18.8 Å². The standard InChI is InChI=1S/C17H28N4O4/c1-11(2)7-9-20-13-14(18-16(20)25-12(3)4)19(5)17(24)21(15(13)23)8-6-10-22/h11-12,22H,6-10H2,1-5H3/p+1. The van der Waals surface area contributed by atoms with E-state index in [0.29, 0.717) is 36.1 Å². The summed E-state index contributed by atoms with van der Waals surface area (Å²) < 4.78 is 10.3. The van der Waals surface area contributed by atoms with Crippen LogP contribution in [0.1, 0.15) is 40.5 Å². The monoisotopic (exact) mass is 353 g/mol. The number of aryl methyl sites for hydroxylation is 2. The summed E-state index contributed by atoms with van der Waals surface area (Å²) in [7, 11) is 1.63. The molecule has 0 aromatic carbocycles. The highest BCUT2D eigenvalue weighted by atomic mass is 16.5. The molecule has 8 heteroatoms. The number of hydrogen-bond donors (Lipinski definition) is 2. The molecular formula is C17H29N4O4+. The number of aliphatic hydroxyl groups is 1. The number of fused-ring (bicyclic) bond motifs is 1. The highest BCUT2D eigenvalue weighted by Gasteiger charge is 2.28. The number of H-pyrrole nitrogens is 1. The van der Waals surface area contributed by atoms with Crippen molar-refractivity contribution < 1.29 is 14.4 Å². The van der Waals surface area contributed by atoms with Crippen LogP contribution in [0, 0.1) is 5.92 Å². The Kier molecular flexibility index (Phi) is 6.05. The van der Waals surface area contributed by atoms with E-state index in [9.17, 15) is 9.59 Å². The average Bonchev–Trinajstić information content (AvgIpc) is 2.88. The Labute approximate surface area is 146 Å². The fourth-order valence-corrected chi connectivity index (χ4v) is 2.75. The average molecular weight is 353 g/mol. The number of hydrogen-bond acceptors (Lipinski definition) is 4. The van der Waals surface area contributed by atoms with Gasteiger partial charge in [-0.2, -0.15) is 9.55 Å². The number of aromatic nitrogens is 4. The number of imidazole rings is 1. The predicted molar refractivity (Wildman–Crippen MR) is 94.9 cm³/mol. The number of ether oxygens (including phenoxy) is 1. The van der Waals surface area contributed by atoms with Gasteiger partial charge in [0, 0.05) is 20.2 Å². The van der Waals surface area contributed by atoms with Crippen LogP contribution in [0.4, 0.5) is 0 Å². The maximum Gasteiger partial charge on any atom is 0.456 e. The molecule has 0 aliphatic heterocycles. The van der Waals surface area contributed by atoms with Gasteiger partial charge in [0.15, 0.2) is 0 Å². The van der Waals surface area contributed by atoms with E-state index in [1.807, 2.05) is 18.4 Å². The molecule has 2 aromatic heterocycles. The van der Waals surface area contributed by atoms with Gasteiger partial charge < -0.3 is 9.84 Å². The maximum absolute atomic E-state index is 12.9. The van der Waals surface area contributed by atoms with Gasteiger partial charge in [-0.25, -0.2) is 4.79 Å². The van der Waals surface area contributed by atoms with E-state index in [-0.39, 0.29) is 24.8 Å². The molecule has 0 saturated carbocycles. The highest BCUT2D eigenvalue weighted by Crippen LogP contribution is 2.12. The molecule has 0 aliphatic carbocycles. The van der Waals surface area contributed by atoms with Crippen molar-refractivity contribution in [1.29, 1.82) is 0 Å². The van der Waals surface area contributed by atoms with Gasteiger partial charge in [0.2, 0.25) is 0 Å². The molecule has 25 heavy (non-hydrogen) atoms. The summed E-state index contributed by atoms with van der Waals surface area (Å²) in [5, 5.41) is 9.04. The zero-order valence-corrected chi connectivity index (χ0v) is 15.7. The lowest BCUT2D eigenvalue weighted by Gasteiger charge is -2.08. The summed E-state index contributed by atoms with van der Waals surface area (Å²) in [5.74, 6) is 0.466. The van der Waals surface area contributed by atoms with Crippen molar-refractivity contribution in [3.05, 3.63) is 20.8 Å². The predicted octanol–water partition coefficient (Wildman–Crippen LogP) is 0.532. The summed E-state index contributed by atoms with van der Waals surface area (Å²) in [6.45, 7) is 8.80. The van der Waals surface area contributed by atoms with Crippen LogP contribution in [0.25, 0.3) is 11.2 Å². The molecule has 0 bridgehead atoms. The van der Waals surface area contributed by atoms with Gasteiger partial charge in [0.05, 0.1) is 6.54 Å². The summed E-state index contributed by atoms with van der Waals surface area (Å²) in [6.07, 6.45) is 1.17. The number of nitrogens with one attached hydrogen (secondary N) is 1. The Morgan fingerprint density at radius 1 is 1.24 bits per heavy atom. The smallest absolute Gasteiger partial charge is 0.428 e. The minimum atomic E-state index is -0.403. The molecule has 0 spiro atoms. The van der Waals surface area contributed by atoms with E-state index >= 15 is 0 Å². The van der Waals surface area contributed by atoms with Crippen LogP contribution < -0.4 is 20.6 Å². The number of aliphatic hydroxyl groups excluding tert-OH is 1. The van der Waals surface area contributed by atoms with Gasteiger partial charge in [-0.05, 0) is 32.6 Å². The van der Waals surface area contributed by atoms with Gasteiger partial charge in [-0.3, -0.25) is 13.9 Å². The van der Waals surface area contributed by atoms with Crippen LogP contribution in [0.15, 0.2) is 9.59 Å². The minimum Gasteiger partial charge on any atom is -0.428 e. The summed E-state index contributed by atoms with van der Waals surface area (Å²) >= 11 is 0. The fraction of sp³-hybridized carbons (Fsp3) is 0.706. The molecule has 0 saturated heterocycles. The van der Waals surface area contributed by atoms with Crippen molar-refractivity contribution in [1.82, 2.24) is 14.1 Å². The SMILES string of the molecule is CC(C)CC[n+]1c(OC(C)C)[nH]c2c1c(=O)n(CCCO)c(=O)n2C. The van der Waals surface area contributed by atoms with Gasteiger partial charge in [0.1, 0.15) is 6.10 Å². The van der Waals surface area contributed by atoms with E-state index in [4.69, 9.17) is 9.84 Å². The molecule has 2 heterocycles. The third-order valence-corrected chi connectivity index (χ3v) is 4.08. The number of nitrogens with zero attached hydrogens (tertiary/aromatic N) is 3. The van der Waals surface area contributed by atoms with E-state index in [1.165, 1.54) is 9.13 Å². The first-order chi connectivity index (χ1) is 11.8. The summed E-state index contributed by atoms with van der Waals surface area (Å²) in [5.41, 5.74) is 0.121. The fourth-order valence-electron chi connectivity index (χ4n) is 2.75. The van der Waals surface area contributed by atoms with Gasteiger partial charge in [0.25, 0.3) is 11.2 Å². The lowest BCUT2D eigenvalue weighted by atomic mass is 10.1. The van der Waals surface area contributed by atoms with Gasteiger partial charge in [-0.15, -0.1) is 0 Å². The lowest BCUT2D eigenvalue weighted by Crippen LogP contribution is -2.45. The Hall–Kier alpha value is -2.09. The molecule has 0 amide bonds. The third kappa shape index (κ3) is 3.95. The third-order valence-electron chi connectivity index (χ3n) is 4.08. The highest BCUT2D eigenvalue weighted by molar-refractivity contribution is 5.66. The van der Waals surface area contributed by atoms with Crippen LogP contribution in [0.3, 0.4) is 0 Å². The first-order valence-electron chi connectivity index (χ1n) is 8.80. The number of rotatable bonds is 8. The van der Waals surface area contributed by atoms with Crippen molar-refractivity contribution in [3.63, 3.8) is 0 Å². The van der Waals surface area contributed by atoms with Crippen LogP contribution in [0.5, 0.6) is 6.01 Å². The summed E-state index contributed by atoms with van der Waals surface area (Å²) in [4.78, 5) is 28.5. The van der Waals surface area contributed by atoms with Gasteiger partial charge >= 0.3 is 17.3 Å². The Morgan fingerprint density at radius 3 is 2.48 bits per heavy atom. The minimum absolute atomic E-state index is 0.0630. The van der Waals surface area contributed by atoms with Crippen molar-refractivity contribution in [3.8, 4) is 6.01 Å². The van der Waals surface area contributed by atoms with Crippen molar-refractivity contribution in [2.45, 2.75) is 59.7 Å². The van der Waals surface area contributed by atoms with Gasteiger partial charge in [-0.1, -0.05) is 13.8 Å². The Bertz CT molecular complexity index is 845. The molecule has 0 radical (unpaired) electrons. The molecule has 2 aromatic rings.